The van der Waals surface area contributed by atoms with E-state index < -0.39 is 12.1 Å². The van der Waals surface area contributed by atoms with Gasteiger partial charge in [-0.2, -0.15) is 0 Å². The van der Waals surface area contributed by atoms with Crippen LogP contribution < -0.4 is 16.4 Å². The van der Waals surface area contributed by atoms with Gasteiger partial charge in [-0.3, -0.25) is 9.59 Å². The molecule has 1 saturated heterocycles. The fourth-order valence-electron chi connectivity index (χ4n) is 4.06. The van der Waals surface area contributed by atoms with Crippen molar-refractivity contribution in [3.63, 3.8) is 0 Å². The van der Waals surface area contributed by atoms with Crippen LogP contribution in [0.1, 0.15) is 47.2 Å². The Bertz CT molecular complexity index is 757. The zero-order valence-corrected chi connectivity index (χ0v) is 14.7. The van der Waals surface area contributed by atoms with E-state index in [1.54, 1.807) is 0 Å². The third-order valence-electron chi connectivity index (χ3n) is 5.79. The first kappa shape index (κ1) is 16.9. The van der Waals surface area contributed by atoms with E-state index in [4.69, 9.17) is 5.73 Å². The van der Waals surface area contributed by atoms with Gasteiger partial charge in [0.05, 0.1) is 0 Å². The quantitative estimate of drug-likeness (QED) is 0.740. The van der Waals surface area contributed by atoms with Crippen LogP contribution in [0.5, 0.6) is 0 Å². The Morgan fingerprint density at radius 1 is 1.04 bits per heavy atom. The number of nitrogens with two attached hydrogens (primary N) is 1. The van der Waals surface area contributed by atoms with Gasteiger partial charge in [-0.1, -0.05) is 6.07 Å². The van der Waals surface area contributed by atoms with Gasteiger partial charge in [-0.25, -0.2) is 4.79 Å². The van der Waals surface area contributed by atoms with E-state index in [0.29, 0.717) is 31.4 Å². The number of aryl methyl sites for hydroxylation is 2. The van der Waals surface area contributed by atoms with E-state index in [1.165, 1.54) is 16.0 Å². The minimum absolute atomic E-state index is 0.0416. The number of amides is 4. The average Bonchev–Trinajstić information content (AvgIpc) is 3.03. The van der Waals surface area contributed by atoms with E-state index in [0.717, 1.165) is 19.3 Å². The molecule has 1 atom stereocenters. The fraction of sp³-hybridized carbons (Fsp3) is 0.526. The van der Waals surface area contributed by atoms with Crippen LogP contribution >= 0.6 is 0 Å². The number of fused-ring (bicyclic) bond motifs is 1. The Morgan fingerprint density at radius 2 is 1.77 bits per heavy atom. The van der Waals surface area contributed by atoms with Gasteiger partial charge in [0, 0.05) is 24.2 Å². The molecule has 0 bridgehead atoms. The van der Waals surface area contributed by atoms with Crippen molar-refractivity contribution in [2.24, 2.45) is 5.73 Å². The maximum atomic E-state index is 12.3. The van der Waals surface area contributed by atoms with Crippen LogP contribution in [0.25, 0.3) is 0 Å². The molecule has 7 nitrogen and oxygen atoms in total. The lowest BCUT2D eigenvalue weighted by molar-refractivity contribution is -0.126. The number of hydrogen-bond acceptors (Lipinski definition) is 3. The summed E-state index contributed by atoms with van der Waals surface area (Å²) in [6.07, 6.45) is 5.04. The molecule has 4 amide bonds. The van der Waals surface area contributed by atoms with Crippen molar-refractivity contribution >= 4 is 17.8 Å². The predicted molar refractivity (Wildman–Crippen MR) is 95.6 cm³/mol. The molecular formula is C19H24N4O3. The Labute approximate surface area is 152 Å². The van der Waals surface area contributed by atoms with Gasteiger partial charge < -0.3 is 21.3 Å². The summed E-state index contributed by atoms with van der Waals surface area (Å²) >= 11 is 0. The summed E-state index contributed by atoms with van der Waals surface area (Å²) in [5, 5.41) is 6.00. The molecule has 3 aliphatic rings. The summed E-state index contributed by atoms with van der Waals surface area (Å²) in [4.78, 5) is 37.5. The number of nitrogens with one attached hydrogen (secondary N) is 2. The molecule has 0 unspecified atom stereocenters. The Hall–Kier alpha value is -2.57. The number of nitrogens with zero attached hydrogens (tertiary/aromatic N) is 1. The van der Waals surface area contributed by atoms with Crippen LogP contribution in [-0.4, -0.2) is 47.4 Å². The van der Waals surface area contributed by atoms with Crippen LogP contribution in [0.15, 0.2) is 18.2 Å². The molecule has 0 radical (unpaired) electrons. The number of urea groups is 1. The van der Waals surface area contributed by atoms with E-state index in [1.807, 2.05) is 18.2 Å². The van der Waals surface area contributed by atoms with Gasteiger partial charge in [0.15, 0.2) is 0 Å². The van der Waals surface area contributed by atoms with Crippen LogP contribution in [0, 0.1) is 0 Å². The average molecular weight is 356 g/mol. The molecule has 0 aromatic heterocycles. The summed E-state index contributed by atoms with van der Waals surface area (Å²) in [6, 6.07) is 5.01. The molecule has 1 aromatic carbocycles. The minimum Gasteiger partial charge on any atom is -0.351 e. The molecular weight excluding hydrogens is 332 g/mol. The highest BCUT2D eigenvalue weighted by Gasteiger charge is 2.37. The largest absolute Gasteiger partial charge is 0.351 e. The van der Waals surface area contributed by atoms with Crippen LogP contribution in [0.3, 0.4) is 0 Å². The Kier molecular flexibility index (Phi) is 4.30. The summed E-state index contributed by atoms with van der Waals surface area (Å²) in [5.41, 5.74) is 8.63. The first-order valence-electron chi connectivity index (χ1n) is 9.30. The summed E-state index contributed by atoms with van der Waals surface area (Å²) in [7, 11) is 0. The van der Waals surface area contributed by atoms with Crippen molar-refractivity contribution < 1.29 is 14.4 Å². The van der Waals surface area contributed by atoms with E-state index in [2.05, 4.69) is 10.6 Å². The monoisotopic (exact) mass is 356 g/mol. The SMILES string of the molecule is NC(=O)N1CCC[C@H]1C(=O)NC1CC(NC(=O)c2ccc3c(c2)CC3)C1. The number of primary amides is 1. The van der Waals surface area contributed by atoms with Crippen LogP contribution in [-0.2, 0) is 17.6 Å². The number of hydrogen-bond donors (Lipinski definition) is 3. The van der Waals surface area contributed by atoms with Crippen molar-refractivity contribution in [3.8, 4) is 0 Å². The number of carbonyl (C=O) groups excluding carboxylic acids is 3. The first-order valence-corrected chi connectivity index (χ1v) is 9.30. The maximum Gasteiger partial charge on any atom is 0.315 e. The van der Waals surface area contributed by atoms with Gasteiger partial charge in [-0.05, 0) is 61.8 Å². The minimum atomic E-state index is -0.542. The second-order valence-corrected chi connectivity index (χ2v) is 7.52. The van der Waals surface area contributed by atoms with Gasteiger partial charge in [0.1, 0.15) is 6.04 Å². The van der Waals surface area contributed by atoms with Gasteiger partial charge in [0.2, 0.25) is 5.91 Å². The summed E-state index contributed by atoms with van der Waals surface area (Å²) < 4.78 is 0. The number of carbonyl (C=O) groups is 3. The topological polar surface area (TPSA) is 105 Å². The van der Waals surface area contributed by atoms with E-state index in [-0.39, 0.29) is 23.9 Å². The lowest BCUT2D eigenvalue weighted by Gasteiger charge is -2.37. The molecule has 1 heterocycles. The molecule has 4 rings (SSSR count). The first-order chi connectivity index (χ1) is 12.5. The van der Waals surface area contributed by atoms with Crippen molar-refractivity contribution in [2.75, 3.05) is 6.54 Å². The Balaban J connectivity index is 1.24. The van der Waals surface area contributed by atoms with Gasteiger partial charge in [-0.15, -0.1) is 0 Å². The molecule has 2 fully saturated rings. The molecule has 4 N–H and O–H groups in total. The highest BCUT2D eigenvalue weighted by atomic mass is 16.2. The molecule has 2 aliphatic carbocycles. The molecule has 1 aliphatic heterocycles. The lowest BCUT2D eigenvalue weighted by atomic mass is 9.85. The second kappa shape index (κ2) is 6.63. The third kappa shape index (κ3) is 3.13. The standard InChI is InChI=1S/C19H24N4O3/c20-19(26)23-7-1-2-16(23)18(25)22-15-9-14(10-15)21-17(24)13-6-4-11-3-5-12(11)8-13/h4,6,8,14-16H,1-3,5,7,9-10H2,(H2,20,26)(H,21,24)(H,22,25)/t14?,15?,16-/m0/s1. The van der Waals surface area contributed by atoms with E-state index >= 15 is 0 Å². The van der Waals surface area contributed by atoms with Crippen molar-refractivity contribution in [1.29, 1.82) is 0 Å². The molecule has 138 valence electrons. The van der Waals surface area contributed by atoms with Gasteiger partial charge in [0.25, 0.3) is 5.91 Å². The zero-order valence-electron chi connectivity index (χ0n) is 14.7. The lowest BCUT2D eigenvalue weighted by Crippen LogP contribution is -2.57. The maximum absolute atomic E-state index is 12.3. The van der Waals surface area contributed by atoms with Crippen LogP contribution in [0.4, 0.5) is 4.79 Å². The number of likely N-dealkylation sites (tertiary alicyclic amines) is 1. The summed E-state index contributed by atoms with van der Waals surface area (Å²) in [5.74, 6) is -0.191. The molecule has 0 spiro atoms. The Morgan fingerprint density at radius 3 is 2.42 bits per heavy atom. The van der Waals surface area contributed by atoms with Crippen LogP contribution in [0.2, 0.25) is 0 Å². The fourth-order valence-corrected chi connectivity index (χ4v) is 4.06. The summed E-state index contributed by atoms with van der Waals surface area (Å²) in [6.45, 7) is 0.539. The predicted octanol–water partition coefficient (Wildman–Crippen LogP) is 0.705. The zero-order chi connectivity index (χ0) is 18.3. The molecule has 1 saturated carbocycles. The molecule has 26 heavy (non-hydrogen) atoms. The third-order valence-corrected chi connectivity index (χ3v) is 5.79. The number of benzene rings is 1. The van der Waals surface area contributed by atoms with Crippen molar-refractivity contribution in [3.05, 3.63) is 34.9 Å². The van der Waals surface area contributed by atoms with Gasteiger partial charge >= 0.3 is 6.03 Å². The molecule has 1 aromatic rings. The van der Waals surface area contributed by atoms with Crippen molar-refractivity contribution in [1.82, 2.24) is 15.5 Å². The van der Waals surface area contributed by atoms with Crippen molar-refractivity contribution in [2.45, 2.75) is 56.7 Å². The number of rotatable bonds is 4. The highest BCUT2D eigenvalue weighted by molar-refractivity contribution is 5.95. The molecule has 7 heteroatoms. The normalized spacial score (nSPS) is 26.3. The smallest absolute Gasteiger partial charge is 0.315 e. The second-order valence-electron chi connectivity index (χ2n) is 7.52. The van der Waals surface area contributed by atoms with E-state index in [9.17, 15) is 14.4 Å². The highest BCUT2D eigenvalue weighted by Crippen LogP contribution is 2.25.